The molecule has 2 unspecified atom stereocenters. The van der Waals surface area contributed by atoms with Crippen LogP contribution in [0, 0.1) is 5.92 Å². The highest BCUT2D eigenvalue weighted by Crippen LogP contribution is 2.39. The van der Waals surface area contributed by atoms with Crippen LogP contribution in [0.2, 0.25) is 0 Å². The first-order valence-electron chi connectivity index (χ1n) is 7.11. The van der Waals surface area contributed by atoms with E-state index in [1.165, 1.54) is 0 Å². The van der Waals surface area contributed by atoms with Gasteiger partial charge in [0.05, 0.1) is 6.42 Å². The van der Waals surface area contributed by atoms with Crippen molar-refractivity contribution in [3.63, 3.8) is 0 Å². The van der Waals surface area contributed by atoms with Gasteiger partial charge in [-0.3, -0.25) is 4.79 Å². The third-order valence-electron chi connectivity index (χ3n) is 4.21. The minimum Gasteiger partial charge on any atom is -0.481 e. The number of amides is 2. The van der Waals surface area contributed by atoms with Crippen LogP contribution < -0.4 is 5.32 Å². The topological polar surface area (TPSA) is 69.6 Å². The number of hydrogen-bond acceptors (Lipinski definition) is 2. The molecule has 2 saturated heterocycles. The van der Waals surface area contributed by atoms with Crippen molar-refractivity contribution in [2.24, 2.45) is 5.92 Å². The molecule has 120 valence electrons. The molecule has 0 spiro atoms. The third kappa shape index (κ3) is 4.25. The molecule has 0 aromatic heterocycles. The molecule has 2 aliphatic rings. The summed E-state index contributed by atoms with van der Waals surface area (Å²) in [6.45, 7) is -0.420. The Hall–Kier alpha value is -1.47. The Morgan fingerprint density at radius 1 is 1.19 bits per heavy atom. The number of carbonyl (C=O) groups is 2. The van der Waals surface area contributed by atoms with E-state index in [2.05, 4.69) is 5.32 Å². The number of nitrogens with one attached hydrogen (secondary N) is 1. The van der Waals surface area contributed by atoms with Gasteiger partial charge in [-0.25, -0.2) is 4.79 Å². The van der Waals surface area contributed by atoms with Crippen molar-refractivity contribution in [3.8, 4) is 0 Å². The second-order valence-corrected chi connectivity index (χ2v) is 5.82. The van der Waals surface area contributed by atoms with E-state index in [-0.39, 0.29) is 24.4 Å². The van der Waals surface area contributed by atoms with E-state index in [9.17, 15) is 22.8 Å². The molecule has 8 heteroatoms. The number of fused-ring (bicyclic) bond motifs is 2. The summed E-state index contributed by atoms with van der Waals surface area (Å²) < 4.78 is 36.2. The first kappa shape index (κ1) is 15.9. The fourth-order valence-corrected chi connectivity index (χ4v) is 3.44. The molecule has 2 bridgehead atoms. The zero-order valence-electron chi connectivity index (χ0n) is 11.5. The number of urea groups is 1. The van der Waals surface area contributed by atoms with Crippen LogP contribution in [0.3, 0.4) is 0 Å². The molecule has 2 N–H and O–H groups in total. The van der Waals surface area contributed by atoms with E-state index < -0.39 is 31.1 Å². The number of halogens is 3. The molecule has 2 aliphatic heterocycles. The molecule has 0 aliphatic carbocycles. The molecule has 21 heavy (non-hydrogen) atoms. The molecule has 0 radical (unpaired) electrons. The fraction of sp³-hybridized carbons (Fsp3) is 0.846. The molecule has 2 atom stereocenters. The van der Waals surface area contributed by atoms with Gasteiger partial charge in [0, 0.05) is 25.0 Å². The second kappa shape index (κ2) is 6.11. The molecular formula is C13H19F3N2O3. The molecule has 2 heterocycles. The van der Waals surface area contributed by atoms with E-state index in [4.69, 9.17) is 5.11 Å². The van der Waals surface area contributed by atoms with Crippen molar-refractivity contribution in [1.82, 2.24) is 10.2 Å². The van der Waals surface area contributed by atoms with Gasteiger partial charge in [0.2, 0.25) is 0 Å². The smallest absolute Gasteiger partial charge is 0.390 e. The number of aliphatic carboxylic acids is 1. The van der Waals surface area contributed by atoms with Gasteiger partial charge in [-0.2, -0.15) is 13.2 Å². The van der Waals surface area contributed by atoms with E-state index in [0.29, 0.717) is 12.8 Å². The highest BCUT2D eigenvalue weighted by atomic mass is 19.4. The lowest BCUT2D eigenvalue weighted by Crippen LogP contribution is -2.51. The molecule has 5 nitrogen and oxygen atoms in total. The molecule has 0 saturated carbocycles. The lowest BCUT2D eigenvalue weighted by molar-refractivity contribution is -0.138. The number of alkyl halides is 3. The zero-order chi connectivity index (χ0) is 15.6. The van der Waals surface area contributed by atoms with Crippen LogP contribution in [0.1, 0.15) is 38.5 Å². The van der Waals surface area contributed by atoms with Crippen molar-refractivity contribution in [2.75, 3.05) is 6.54 Å². The quantitative estimate of drug-likeness (QED) is 0.837. The van der Waals surface area contributed by atoms with E-state index in [0.717, 1.165) is 12.8 Å². The number of rotatable bonds is 4. The molecular weight excluding hydrogens is 289 g/mol. The number of carboxylic acids is 1. The largest absolute Gasteiger partial charge is 0.481 e. The summed E-state index contributed by atoms with van der Waals surface area (Å²) in [5, 5.41) is 11.1. The maximum Gasteiger partial charge on any atom is 0.390 e. The Bertz CT molecular complexity index is 400. The summed E-state index contributed by atoms with van der Waals surface area (Å²) in [6.07, 6.45) is -2.38. The van der Waals surface area contributed by atoms with Crippen molar-refractivity contribution in [1.29, 1.82) is 0 Å². The fourth-order valence-electron chi connectivity index (χ4n) is 3.44. The summed E-state index contributed by atoms with van der Waals surface area (Å²) >= 11 is 0. The first-order valence-corrected chi connectivity index (χ1v) is 7.11. The van der Waals surface area contributed by atoms with Gasteiger partial charge in [-0.15, -0.1) is 0 Å². The molecule has 0 aromatic rings. The molecule has 2 amide bonds. The Kier molecular flexibility index (Phi) is 4.63. The predicted octanol–water partition coefficient (Wildman–Crippen LogP) is 2.37. The van der Waals surface area contributed by atoms with Gasteiger partial charge in [0.25, 0.3) is 0 Å². The summed E-state index contributed by atoms with van der Waals surface area (Å²) in [4.78, 5) is 24.4. The summed E-state index contributed by atoms with van der Waals surface area (Å²) in [7, 11) is 0. The van der Waals surface area contributed by atoms with E-state index in [1.807, 2.05) is 0 Å². The second-order valence-electron chi connectivity index (χ2n) is 5.82. The van der Waals surface area contributed by atoms with Crippen LogP contribution in [0.15, 0.2) is 0 Å². The van der Waals surface area contributed by atoms with Crippen LogP contribution in [0.4, 0.5) is 18.0 Å². The average molecular weight is 308 g/mol. The van der Waals surface area contributed by atoms with Gasteiger partial charge in [0.15, 0.2) is 0 Å². The van der Waals surface area contributed by atoms with Gasteiger partial charge < -0.3 is 15.3 Å². The van der Waals surface area contributed by atoms with Gasteiger partial charge in [-0.1, -0.05) is 0 Å². The number of carboxylic acid groups (broad SMARTS) is 1. The van der Waals surface area contributed by atoms with E-state index >= 15 is 0 Å². The van der Waals surface area contributed by atoms with Gasteiger partial charge in [0.1, 0.15) is 0 Å². The summed E-state index contributed by atoms with van der Waals surface area (Å²) in [5.41, 5.74) is 0. The van der Waals surface area contributed by atoms with Crippen molar-refractivity contribution in [3.05, 3.63) is 0 Å². The predicted molar refractivity (Wildman–Crippen MR) is 67.7 cm³/mol. The van der Waals surface area contributed by atoms with E-state index in [1.54, 1.807) is 4.90 Å². The van der Waals surface area contributed by atoms with Crippen LogP contribution in [0.25, 0.3) is 0 Å². The maximum absolute atomic E-state index is 12.1. The Balaban J connectivity index is 1.85. The van der Waals surface area contributed by atoms with Crippen LogP contribution >= 0.6 is 0 Å². The molecule has 0 aromatic carbocycles. The first-order chi connectivity index (χ1) is 9.76. The number of hydrogen-bond donors (Lipinski definition) is 2. The average Bonchev–Trinajstić information content (AvgIpc) is 2.59. The summed E-state index contributed by atoms with van der Waals surface area (Å²) in [5.74, 6) is -0.790. The summed E-state index contributed by atoms with van der Waals surface area (Å²) in [6, 6.07) is -0.543. The number of carbonyl (C=O) groups excluding carboxylic acids is 1. The van der Waals surface area contributed by atoms with Crippen LogP contribution in [-0.2, 0) is 4.79 Å². The third-order valence-corrected chi connectivity index (χ3v) is 4.21. The Labute approximate surface area is 120 Å². The standard InChI is InChI=1S/C13H19F3N2O3/c14-13(15,16)3-4-17-12(21)18-9-1-2-10(18)6-8(5-9)7-11(19)20/h8-10H,1-7H2,(H,17,21)(H,19,20). The monoisotopic (exact) mass is 308 g/mol. The highest BCUT2D eigenvalue weighted by molar-refractivity contribution is 5.75. The number of nitrogens with zero attached hydrogens (tertiary/aromatic N) is 1. The Morgan fingerprint density at radius 2 is 1.76 bits per heavy atom. The minimum absolute atomic E-state index is 0.0426. The minimum atomic E-state index is -4.28. The van der Waals surface area contributed by atoms with Crippen molar-refractivity contribution in [2.45, 2.75) is 56.8 Å². The SMILES string of the molecule is O=C(O)CC1CC2CCC(C1)N2C(=O)NCCC(F)(F)F. The van der Waals surface area contributed by atoms with Crippen LogP contribution in [-0.4, -0.2) is 46.8 Å². The zero-order valence-corrected chi connectivity index (χ0v) is 11.5. The molecule has 2 rings (SSSR count). The van der Waals surface area contributed by atoms with Gasteiger partial charge in [-0.05, 0) is 31.6 Å². The van der Waals surface area contributed by atoms with Crippen molar-refractivity contribution < 1.29 is 27.9 Å². The highest BCUT2D eigenvalue weighted by Gasteiger charge is 2.43. The lowest BCUT2D eigenvalue weighted by Gasteiger charge is -2.38. The van der Waals surface area contributed by atoms with Gasteiger partial charge >= 0.3 is 18.2 Å². The lowest BCUT2D eigenvalue weighted by atomic mass is 9.88. The van der Waals surface area contributed by atoms with Crippen molar-refractivity contribution >= 4 is 12.0 Å². The van der Waals surface area contributed by atoms with Crippen LogP contribution in [0.5, 0.6) is 0 Å². The maximum atomic E-state index is 12.1. The number of piperidine rings is 1. The molecule has 2 fully saturated rings. The normalized spacial score (nSPS) is 28.5. The Morgan fingerprint density at radius 3 is 2.24 bits per heavy atom.